The zero-order chi connectivity index (χ0) is 13.8. The third-order valence-corrected chi connectivity index (χ3v) is 3.63. The number of hydrogen-bond acceptors (Lipinski definition) is 5. The standard InChI is InChI=1S/C13H22N4O2/c1-9-7-13(19-16-9)15-12(18)8-17-5-3-11(4-6-17)10(2)14/h7,10-11H,3-6,8,14H2,1-2H3,(H,15,18). The first-order valence-electron chi connectivity index (χ1n) is 6.75. The second-order valence-electron chi connectivity index (χ2n) is 5.35. The zero-order valence-electron chi connectivity index (χ0n) is 11.6. The molecule has 0 radical (unpaired) electrons. The van der Waals surface area contributed by atoms with Gasteiger partial charge in [0, 0.05) is 12.1 Å². The highest BCUT2D eigenvalue weighted by atomic mass is 16.5. The number of nitrogens with zero attached hydrogens (tertiary/aromatic N) is 2. The number of nitrogens with one attached hydrogen (secondary N) is 1. The minimum absolute atomic E-state index is 0.0598. The van der Waals surface area contributed by atoms with E-state index >= 15 is 0 Å². The number of nitrogens with two attached hydrogens (primary N) is 1. The van der Waals surface area contributed by atoms with Crippen LogP contribution in [0, 0.1) is 12.8 Å². The Balaban J connectivity index is 1.75. The van der Waals surface area contributed by atoms with Crippen LogP contribution in [0.4, 0.5) is 5.88 Å². The van der Waals surface area contributed by atoms with Crippen LogP contribution in [0.1, 0.15) is 25.5 Å². The number of piperidine rings is 1. The van der Waals surface area contributed by atoms with Crippen LogP contribution in [0.5, 0.6) is 0 Å². The van der Waals surface area contributed by atoms with E-state index in [1.54, 1.807) is 6.07 Å². The number of hydrogen-bond donors (Lipinski definition) is 2. The molecule has 1 aromatic rings. The van der Waals surface area contributed by atoms with Gasteiger partial charge in [-0.2, -0.15) is 0 Å². The van der Waals surface area contributed by atoms with Crippen molar-refractivity contribution in [3.05, 3.63) is 11.8 Å². The molecule has 0 bridgehead atoms. The molecule has 1 amide bonds. The lowest BCUT2D eigenvalue weighted by molar-refractivity contribution is -0.117. The molecule has 0 spiro atoms. The Labute approximate surface area is 113 Å². The van der Waals surface area contributed by atoms with Crippen molar-refractivity contribution in [1.29, 1.82) is 0 Å². The summed E-state index contributed by atoms with van der Waals surface area (Å²) < 4.78 is 4.96. The maximum Gasteiger partial charge on any atom is 0.240 e. The molecule has 19 heavy (non-hydrogen) atoms. The van der Waals surface area contributed by atoms with E-state index in [4.69, 9.17) is 10.3 Å². The molecule has 0 aliphatic carbocycles. The molecule has 2 heterocycles. The van der Waals surface area contributed by atoms with E-state index in [0.29, 0.717) is 18.3 Å². The van der Waals surface area contributed by atoms with Crippen molar-refractivity contribution in [2.75, 3.05) is 25.0 Å². The van der Waals surface area contributed by atoms with Gasteiger partial charge in [-0.1, -0.05) is 5.16 Å². The van der Waals surface area contributed by atoms with Crippen molar-refractivity contribution >= 4 is 11.8 Å². The van der Waals surface area contributed by atoms with E-state index < -0.39 is 0 Å². The lowest BCUT2D eigenvalue weighted by Crippen LogP contribution is -2.42. The van der Waals surface area contributed by atoms with Gasteiger partial charge >= 0.3 is 0 Å². The fourth-order valence-corrected chi connectivity index (χ4v) is 2.44. The van der Waals surface area contributed by atoms with Crippen molar-refractivity contribution in [1.82, 2.24) is 10.1 Å². The average molecular weight is 266 g/mol. The summed E-state index contributed by atoms with van der Waals surface area (Å²) in [5.74, 6) is 0.930. The van der Waals surface area contributed by atoms with Gasteiger partial charge in [-0.25, -0.2) is 0 Å². The molecule has 2 rings (SSSR count). The molecule has 1 fully saturated rings. The molecule has 1 aliphatic rings. The SMILES string of the molecule is Cc1cc(NC(=O)CN2CCC(C(C)N)CC2)on1. The Kier molecular flexibility index (Phi) is 4.55. The lowest BCUT2D eigenvalue weighted by atomic mass is 9.91. The highest BCUT2D eigenvalue weighted by Gasteiger charge is 2.23. The van der Waals surface area contributed by atoms with Crippen molar-refractivity contribution in [3.63, 3.8) is 0 Å². The molecule has 1 aliphatic heterocycles. The summed E-state index contributed by atoms with van der Waals surface area (Å²) in [5, 5.41) is 6.44. The predicted molar refractivity (Wildman–Crippen MR) is 72.7 cm³/mol. The Morgan fingerprint density at radius 1 is 1.63 bits per heavy atom. The number of carbonyl (C=O) groups is 1. The third kappa shape index (κ3) is 4.04. The minimum atomic E-state index is -0.0598. The maximum atomic E-state index is 11.8. The summed E-state index contributed by atoms with van der Waals surface area (Å²) in [6, 6.07) is 1.95. The van der Waals surface area contributed by atoms with E-state index in [2.05, 4.69) is 22.3 Å². The van der Waals surface area contributed by atoms with Gasteiger partial charge in [-0.05, 0) is 45.7 Å². The van der Waals surface area contributed by atoms with E-state index in [9.17, 15) is 4.79 Å². The lowest BCUT2D eigenvalue weighted by Gasteiger charge is -2.33. The van der Waals surface area contributed by atoms with Crippen LogP contribution in [-0.4, -0.2) is 41.6 Å². The Morgan fingerprint density at radius 2 is 2.32 bits per heavy atom. The Morgan fingerprint density at radius 3 is 2.84 bits per heavy atom. The monoisotopic (exact) mass is 266 g/mol. The van der Waals surface area contributed by atoms with E-state index in [1.807, 2.05) is 6.92 Å². The summed E-state index contributed by atoms with van der Waals surface area (Å²) in [6.45, 7) is 6.12. The summed E-state index contributed by atoms with van der Waals surface area (Å²) >= 11 is 0. The summed E-state index contributed by atoms with van der Waals surface area (Å²) in [7, 11) is 0. The molecular weight excluding hydrogens is 244 g/mol. The smallest absolute Gasteiger partial charge is 0.240 e. The topological polar surface area (TPSA) is 84.4 Å². The first kappa shape index (κ1) is 14.0. The molecule has 3 N–H and O–H groups in total. The predicted octanol–water partition coefficient (Wildman–Crippen LogP) is 0.981. The van der Waals surface area contributed by atoms with Crippen LogP contribution >= 0.6 is 0 Å². The second-order valence-corrected chi connectivity index (χ2v) is 5.35. The van der Waals surface area contributed by atoms with Gasteiger partial charge in [0.25, 0.3) is 0 Å². The normalized spacial score (nSPS) is 19.3. The van der Waals surface area contributed by atoms with Crippen LogP contribution in [-0.2, 0) is 4.79 Å². The van der Waals surface area contributed by atoms with Gasteiger partial charge in [0.15, 0.2) is 0 Å². The summed E-state index contributed by atoms with van der Waals surface area (Å²) in [5.41, 5.74) is 6.66. The van der Waals surface area contributed by atoms with Gasteiger partial charge in [0.05, 0.1) is 12.2 Å². The van der Waals surface area contributed by atoms with Gasteiger partial charge in [-0.3, -0.25) is 15.0 Å². The fraction of sp³-hybridized carbons (Fsp3) is 0.692. The zero-order valence-corrected chi connectivity index (χ0v) is 11.6. The fourth-order valence-electron chi connectivity index (χ4n) is 2.44. The van der Waals surface area contributed by atoms with Crippen LogP contribution in [0.25, 0.3) is 0 Å². The average Bonchev–Trinajstić information content (AvgIpc) is 2.75. The number of rotatable bonds is 4. The van der Waals surface area contributed by atoms with Crippen molar-refractivity contribution < 1.29 is 9.32 Å². The van der Waals surface area contributed by atoms with E-state index in [1.165, 1.54) is 0 Å². The number of aryl methyl sites for hydroxylation is 1. The molecule has 1 aromatic heterocycles. The Bertz CT molecular complexity index is 422. The Hall–Kier alpha value is -1.40. The molecule has 1 unspecified atom stereocenters. The van der Waals surface area contributed by atoms with Gasteiger partial charge < -0.3 is 10.3 Å². The highest BCUT2D eigenvalue weighted by molar-refractivity contribution is 5.90. The first-order chi connectivity index (χ1) is 9.04. The van der Waals surface area contributed by atoms with Crippen LogP contribution in [0.2, 0.25) is 0 Å². The maximum absolute atomic E-state index is 11.8. The third-order valence-electron chi connectivity index (χ3n) is 3.63. The van der Waals surface area contributed by atoms with Gasteiger partial charge in [0.2, 0.25) is 11.8 Å². The van der Waals surface area contributed by atoms with Crippen LogP contribution in [0.3, 0.4) is 0 Å². The van der Waals surface area contributed by atoms with Gasteiger partial charge in [-0.15, -0.1) is 0 Å². The van der Waals surface area contributed by atoms with Crippen LogP contribution in [0.15, 0.2) is 10.6 Å². The van der Waals surface area contributed by atoms with Crippen LogP contribution < -0.4 is 11.1 Å². The molecular formula is C13H22N4O2. The number of carbonyl (C=O) groups excluding carboxylic acids is 1. The number of amides is 1. The van der Waals surface area contributed by atoms with Crippen molar-refractivity contribution in [2.24, 2.45) is 11.7 Å². The van der Waals surface area contributed by atoms with Gasteiger partial charge in [0.1, 0.15) is 0 Å². The molecule has 0 aromatic carbocycles. The quantitative estimate of drug-likeness (QED) is 0.848. The molecule has 6 nitrogen and oxygen atoms in total. The van der Waals surface area contributed by atoms with Crippen molar-refractivity contribution in [3.8, 4) is 0 Å². The van der Waals surface area contributed by atoms with E-state index in [-0.39, 0.29) is 11.9 Å². The largest absolute Gasteiger partial charge is 0.338 e. The molecule has 106 valence electrons. The summed E-state index contributed by atoms with van der Waals surface area (Å²) in [4.78, 5) is 14.0. The molecule has 1 atom stereocenters. The summed E-state index contributed by atoms with van der Waals surface area (Å²) in [6.07, 6.45) is 2.12. The number of aromatic nitrogens is 1. The number of likely N-dealkylation sites (tertiary alicyclic amines) is 1. The molecule has 0 saturated carbocycles. The van der Waals surface area contributed by atoms with Crippen molar-refractivity contribution in [2.45, 2.75) is 32.7 Å². The molecule has 6 heteroatoms. The first-order valence-corrected chi connectivity index (χ1v) is 6.75. The minimum Gasteiger partial charge on any atom is -0.338 e. The highest BCUT2D eigenvalue weighted by Crippen LogP contribution is 2.19. The number of anilines is 1. The molecule has 1 saturated heterocycles. The second kappa shape index (κ2) is 6.16. The van der Waals surface area contributed by atoms with E-state index in [0.717, 1.165) is 31.6 Å².